The Balaban J connectivity index is 3.36. The lowest BCUT2D eigenvalue weighted by atomic mass is 10.2. The SMILES string of the molecule is CC(OCCCC(F)(F)F)[C@H](C)N. The van der Waals surface area contributed by atoms with Gasteiger partial charge >= 0.3 is 6.18 Å². The van der Waals surface area contributed by atoms with Gasteiger partial charge in [-0.25, -0.2) is 0 Å². The number of rotatable bonds is 5. The van der Waals surface area contributed by atoms with Gasteiger partial charge in [-0.2, -0.15) is 13.2 Å². The summed E-state index contributed by atoms with van der Waals surface area (Å²) in [5.74, 6) is 0. The van der Waals surface area contributed by atoms with Gasteiger partial charge in [0.2, 0.25) is 0 Å². The Hall–Kier alpha value is -0.290. The van der Waals surface area contributed by atoms with Gasteiger partial charge in [-0.15, -0.1) is 0 Å². The van der Waals surface area contributed by atoms with Crippen molar-refractivity contribution in [2.45, 2.75) is 45.0 Å². The third kappa shape index (κ3) is 8.05. The van der Waals surface area contributed by atoms with Crippen LogP contribution >= 0.6 is 0 Å². The van der Waals surface area contributed by atoms with E-state index in [9.17, 15) is 13.2 Å². The molecule has 0 amide bonds. The zero-order valence-corrected chi connectivity index (χ0v) is 7.90. The highest BCUT2D eigenvalue weighted by molar-refractivity contribution is 4.62. The van der Waals surface area contributed by atoms with Crippen LogP contribution in [-0.4, -0.2) is 24.9 Å². The standard InChI is InChI=1S/C8H16F3NO/c1-6(12)7(2)13-5-3-4-8(9,10)11/h6-7H,3-5,12H2,1-2H3/t6-,7?/m0/s1. The van der Waals surface area contributed by atoms with Crippen LogP contribution < -0.4 is 5.73 Å². The quantitative estimate of drug-likeness (QED) is 0.688. The van der Waals surface area contributed by atoms with E-state index in [4.69, 9.17) is 10.5 Å². The van der Waals surface area contributed by atoms with Gasteiger partial charge < -0.3 is 10.5 Å². The van der Waals surface area contributed by atoms with Crippen molar-refractivity contribution >= 4 is 0 Å². The second-order valence-corrected chi connectivity index (χ2v) is 3.15. The van der Waals surface area contributed by atoms with Crippen LogP contribution in [0.15, 0.2) is 0 Å². The van der Waals surface area contributed by atoms with Crippen molar-refractivity contribution in [2.24, 2.45) is 5.73 Å². The van der Waals surface area contributed by atoms with Gasteiger partial charge in [-0.1, -0.05) is 0 Å². The predicted molar refractivity (Wildman–Crippen MR) is 44.4 cm³/mol. The first-order valence-corrected chi connectivity index (χ1v) is 4.27. The molecule has 0 aromatic carbocycles. The maximum atomic E-state index is 11.7. The Morgan fingerprint density at radius 2 is 1.85 bits per heavy atom. The van der Waals surface area contributed by atoms with E-state index in [1.807, 2.05) is 0 Å². The summed E-state index contributed by atoms with van der Waals surface area (Å²) in [6.07, 6.45) is -5.06. The molecule has 0 fully saturated rings. The van der Waals surface area contributed by atoms with Crippen LogP contribution in [0, 0.1) is 0 Å². The minimum absolute atomic E-state index is 0.000556. The first-order chi connectivity index (χ1) is 5.83. The molecule has 13 heavy (non-hydrogen) atoms. The predicted octanol–water partition coefficient (Wildman–Crippen LogP) is 2.08. The molecule has 1 unspecified atom stereocenters. The van der Waals surface area contributed by atoms with E-state index in [-0.39, 0.29) is 25.2 Å². The van der Waals surface area contributed by atoms with Crippen molar-refractivity contribution in [1.29, 1.82) is 0 Å². The van der Waals surface area contributed by atoms with Crippen LogP contribution in [0.3, 0.4) is 0 Å². The smallest absolute Gasteiger partial charge is 0.377 e. The average Bonchev–Trinajstić information content (AvgIpc) is 1.95. The summed E-state index contributed by atoms with van der Waals surface area (Å²) in [6, 6.07) is -0.147. The summed E-state index contributed by atoms with van der Waals surface area (Å²) in [7, 11) is 0. The third-order valence-electron chi connectivity index (χ3n) is 1.73. The van der Waals surface area contributed by atoms with Crippen LogP contribution in [0.25, 0.3) is 0 Å². The Bertz CT molecular complexity index is 136. The lowest BCUT2D eigenvalue weighted by molar-refractivity contribution is -0.138. The number of halogens is 3. The van der Waals surface area contributed by atoms with E-state index < -0.39 is 12.6 Å². The molecule has 2 N–H and O–H groups in total. The van der Waals surface area contributed by atoms with Gasteiger partial charge in [0, 0.05) is 19.1 Å². The molecule has 0 aliphatic rings. The lowest BCUT2D eigenvalue weighted by Gasteiger charge is -2.16. The number of hydrogen-bond donors (Lipinski definition) is 1. The first kappa shape index (κ1) is 12.7. The van der Waals surface area contributed by atoms with Crippen LogP contribution in [0.1, 0.15) is 26.7 Å². The second kappa shape index (κ2) is 5.44. The third-order valence-corrected chi connectivity index (χ3v) is 1.73. The van der Waals surface area contributed by atoms with Crippen LogP contribution in [0.4, 0.5) is 13.2 Å². The molecule has 2 atom stereocenters. The highest BCUT2D eigenvalue weighted by Crippen LogP contribution is 2.21. The van der Waals surface area contributed by atoms with E-state index in [2.05, 4.69) is 0 Å². The van der Waals surface area contributed by atoms with Gasteiger partial charge in [0.1, 0.15) is 0 Å². The summed E-state index contributed by atoms with van der Waals surface area (Å²) < 4.78 is 40.0. The Morgan fingerprint density at radius 3 is 2.23 bits per heavy atom. The van der Waals surface area contributed by atoms with E-state index in [0.29, 0.717) is 0 Å². The van der Waals surface area contributed by atoms with Gasteiger partial charge in [0.05, 0.1) is 6.10 Å². The molecule has 2 nitrogen and oxygen atoms in total. The zero-order chi connectivity index (χ0) is 10.5. The van der Waals surface area contributed by atoms with Crippen molar-refractivity contribution in [1.82, 2.24) is 0 Å². The maximum absolute atomic E-state index is 11.7. The van der Waals surface area contributed by atoms with E-state index >= 15 is 0 Å². The molecule has 0 bridgehead atoms. The first-order valence-electron chi connectivity index (χ1n) is 4.27. The largest absolute Gasteiger partial charge is 0.389 e. The Morgan fingerprint density at radius 1 is 1.31 bits per heavy atom. The molecule has 0 aromatic rings. The highest BCUT2D eigenvalue weighted by atomic mass is 19.4. The summed E-state index contributed by atoms with van der Waals surface area (Å²) in [4.78, 5) is 0. The molecule has 0 rings (SSSR count). The van der Waals surface area contributed by atoms with Gasteiger partial charge in [-0.05, 0) is 20.3 Å². The van der Waals surface area contributed by atoms with Gasteiger partial charge in [0.25, 0.3) is 0 Å². The molecule has 0 aliphatic carbocycles. The number of hydrogen-bond acceptors (Lipinski definition) is 2. The van der Waals surface area contributed by atoms with Crippen molar-refractivity contribution in [3.63, 3.8) is 0 Å². The maximum Gasteiger partial charge on any atom is 0.389 e. The minimum Gasteiger partial charge on any atom is -0.377 e. The normalized spacial score (nSPS) is 17.1. The second-order valence-electron chi connectivity index (χ2n) is 3.15. The minimum atomic E-state index is -4.08. The molecular formula is C8H16F3NO. The van der Waals surface area contributed by atoms with E-state index in [1.165, 1.54) is 0 Å². The molecule has 0 saturated heterocycles. The van der Waals surface area contributed by atoms with Crippen molar-refractivity contribution in [3.8, 4) is 0 Å². The molecule has 0 spiro atoms. The zero-order valence-electron chi connectivity index (χ0n) is 7.90. The summed E-state index contributed by atoms with van der Waals surface area (Å²) >= 11 is 0. The number of ether oxygens (including phenoxy) is 1. The molecule has 0 aromatic heterocycles. The molecule has 0 heterocycles. The lowest BCUT2D eigenvalue weighted by Crippen LogP contribution is -2.31. The average molecular weight is 199 g/mol. The van der Waals surface area contributed by atoms with Crippen LogP contribution in [0.5, 0.6) is 0 Å². The molecule has 0 aliphatic heterocycles. The Kier molecular flexibility index (Phi) is 5.32. The molecule has 0 radical (unpaired) electrons. The fraction of sp³-hybridized carbons (Fsp3) is 1.00. The van der Waals surface area contributed by atoms with Crippen molar-refractivity contribution in [3.05, 3.63) is 0 Å². The number of alkyl halides is 3. The van der Waals surface area contributed by atoms with Crippen molar-refractivity contribution < 1.29 is 17.9 Å². The van der Waals surface area contributed by atoms with Crippen LogP contribution in [-0.2, 0) is 4.74 Å². The van der Waals surface area contributed by atoms with E-state index in [0.717, 1.165) is 0 Å². The van der Waals surface area contributed by atoms with E-state index in [1.54, 1.807) is 13.8 Å². The fourth-order valence-corrected chi connectivity index (χ4v) is 0.694. The summed E-state index contributed by atoms with van der Waals surface area (Å²) in [5.41, 5.74) is 5.46. The molecule has 0 saturated carbocycles. The highest BCUT2D eigenvalue weighted by Gasteiger charge is 2.26. The van der Waals surface area contributed by atoms with Crippen LogP contribution in [0.2, 0.25) is 0 Å². The fourth-order valence-electron chi connectivity index (χ4n) is 0.694. The van der Waals surface area contributed by atoms with Crippen molar-refractivity contribution in [2.75, 3.05) is 6.61 Å². The molecule has 5 heteroatoms. The molecular weight excluding hydrogens is 183 g/mol. The summed E-state index contributed by atoms with van der Waals surface area (Å²) in [5, 5.41) is 0. The summed E-state index contributed by atoms with van der Waals surface area (Å²) in [6.45, 7) is 3.62. The Labute approximate surface area is 76.2 Å². The number of nitrogens with two attached hydrogens (primary N) is 1. The van der Waals surface area contributed by atoms with Gasteiger partial charge in [0.15, 0.2) is 0 Å². The topological polar surface area (TPSA) is 35.2 Å². The van der Waals surface area contributed by atoms with Gasteiger partial charge in [-0.3, -0.25) is 0 Å². The molecule has 80 valence electrons. The monoisotopic (exact) mass is 199 g/mol.